The minimum absolute atomic E-state index is 0.119. The zero-order valence-corrected chi connectivity index (χ0v) is 12.1. The van der Waals surface area contributed by atoms with Gasteiger partial charge in [-0.05, 0) is 38.1 Å². The van der Waals surface area contributed by atoms with E-state index in [1.807, 2.05) is 13.8 Å². The van der Waals surface area contributed by atoms with Gasteiger partial charge in [-0.2, -0.15) is 0 Å². The van der Waals surface area contributed by atoms with E-state index in [0.29, 0.717) is 23.7 Å². The van der Waals surface area contributed by atoms with Gasteiger partial charge in [0.25, 0.3) is 0 Å². The maximum atomic E-state index is 12.2. The summed E-state index contributed by atoms with van der Waals surface area (Å²) in [6.07, 6.45) is 3.20. The molecule has 0 saturated carbocycles. The fourth-order valence-corrected chi connectivity index (χ4v) is 1.53. The van der Waals surface area contributed by atoms with Crippen molar-refractivity contribution in [2.45, 2.75) is 13.8 Å². The second-order valence-corrected chi connectivity index (χ2v) is 4.39. The van der Waals surface area contributed by atoms with Crippen molar-refractivity contribution < 1.29 is 19.0 Å². The van der Waals surface area contributed by atoms with Crippen molar-refractivity contribution in [1.82, 2.24) is 0 Å². The number of benzene rings is 1. The summed E-state index contributed by atoms with van der Waals surface area (Å²) in [6, 6.07) is 5.09. The van der Waals surface area contributed by atoms with Gasteiger partial charge in [0, 0.05) is 7.11 Å². The smallest absolute Gasteiger partial charge is 0.189 e. The fourth-order valence-electron chi connectivity index (χ4n) is 1.53. The molecule has 4 nitrogen and oxygen atoms in total. The van der Waals surface area contributed by atoms with Crippen LogP contribution in [0.25, 0.3) is 0 Å². The van der Waals surface area contributed by atoms with E-state index in [-0.39, 0.29) is 12.6 Å². The van der Waals surface area contributed by atoms with Crippen LogP contribution in [0.2, 0.25) is 0 Å². The summed E-state index contributed by atoms with van der Waals surface area (Å²) in [6.45, 7) is 7.80. The molecule has 1 rings (SSSR count). The third-order valence-electron chi connectivity index (χ3n) is 2.34. The largest absolute Gasteiger partial charge is 0.489 e. The quantitative estimate of drug-likeness (QED) is 0.316. The molecule has 108 valence electrons. The summed E-state index contributed by atoms with van der Waals surface area (Å²) < 4.78 is 15.7. The topological polar surface area (TPSA) is 44.8 Å². The van der Waals surface area contributed by atoms with Gasteiger partial charge in [0.15, 0.2) is 12.6 Å². The molecule has 0 bridgehead atoms. The van der Waals surface area contributed by atoms with E-state index in [1.165, 1.54) is 7.11 Å². The van der Waals surface area contributed by atoms with Gasteiger partial charge in [0.1, 0.15) is 18.1 Å². The van der Waals surface area contributed by atoms with Crippen molar-refractivity contribution in [2.75, 3.05) is 20.5 Å². The second-order valence-electron chi connectivity index (χ2n) is 4.39. The standard InChI is InChI=1S/C16H20O4/c1-5-8-19-16-7-6-13(20-11-18-4)10-14(16)15(17)9-12(2)3/h5-7,9-10H,1,8,11H2,2-4H3. The van der Waals surface area contributed by atoms with Crippen molar-refractivity contribution >= 4 is 5.78 Å². The van der Waals surface area contributed by atoms with Crippen molar-refractivity contribution in [2.24, 2.45) is 0 Å². The highest BCUT2D eigenvalue weighted by Gasteiger charge is 2.12. The number of methoxy groups -OCH3 is 1. The van der Waals surface area contributed by atoms with Gasteiger partial charge in [0.2, 0.25) is 0 Å². The first-order valence-electron chi connectivity index (χ1n) is 6.27. The van der Waals surface area contributed by atoms with E-state index in [9.17, 15) is 4.79 Å². The SMILES string of the molecule is C=CCOc1ccc(OCOC)cc1C(=O)C=C(C)C. The lowest BCUT2D eigenvalue weighted by Gasteiger charge is -2.11. The molecule has 0 atom stereocenters. The Bertz CT molecular complexity index is 499. The van der Waals surface area contributed by atoms with Crippen molar-refractivity contribution in [3.05, 3.63) is 48.1 Å². The lowest BCUT2D eigenvalue weighted by molar-refractivity contribution is 0.0510. The Morgan fingerprint density at radius 3 is 2.65 bits per heavy atom. The normalized spacial score (nSPS) is 9.75. The van der Waals surface area contributed by atoms with E-state index in [0.717, 1.165) is 5.57 Å². The summed E-state index contributed by atoms with van der Waals surface area (Å²) in [5, 5.41) is 0. The molecule has 0 unspecified atom stereocenters. The Kier molecular flexibility index (Phi) is 6.53. The van der Waals surface area contributed by atoms with Gasteiger partial charge in [-0.1, -0.05) is 18.2 Å². The molecule has 0 heterocycles. The summed E-state index contributed by atoms with van der Waals surface area (Å²) in [5.41, 5.74) is 1.38. The molecular weight excluding hydrogens is 256 g/mol. The monoisotopic (exact) mass is 276 g/mol. The predicted molar refractivity (Wildman–Crippen MR) is 78.4 cm³/mol. The molecule has 0 aliphatic rings. The van der Waals surface area contributed by atoms with E-state index in [2.05, 4.69) is 6.58 Å². The average Bonchev–Trinajstić information content (AvgIpc) is 2.42. The molecule has 0 aliphatic heterocycles. The summed E-state index contributed by atoms with van der Waals surface area (Å²) in [7, 11) is 1.54. The number of hydrogen-bond donors (Lipinski definition) is 0. The van der Waals surface area contributed by atoms with Crippen molar-refractivity contribution in [3.63, 3.8) is 0 Å². The van der Waals surface area contributed by atoms with Gasteiger partial charge in [0.05, 0.1) is 5.56 Å². The van der Waals surface area contributed by atoms with Crippen LogP contribution < -0.4 is 9.47 Å². The number of hydrogen-bond acceptors (Lipinski definition) is 4. The third-order valence-corrected chi connectivity index (χ3v) is 2.34. The summed E-state index contributed by atoms with van der Waals surface area (Å²) in [5.74, 6) is 0.951. The molecule has 0 amide bonds. The van der Waals surface area contributed by atoms with Crippen LogP contribution in [0.5, 0.6) is 11.5 Å². The molecule has 0 saturated heterocycles. The Labute approximate surface area is 119 Å². The minimum Gasteiger partial charge on any atom is -0.489 e. The third kappa shape index (κ3) is 4.90. The van der Waals surface area contributed by atoms with Crippen molar-refractivity contribution in [1.29, 1.82) is 0 Å². The fraction of sp³-hybridized carbons (Fsp3) is 0.312. The lowest BCUT2D eigenvalue weighted by atomic mass is 10.1. The molecule has 0 aromatic heterocycles. The minimum atomic E-state index is -0.119. The highest BCUT2D eigenvalue weighted by atomic mass is 16.7. The maximum absolute atomic E-state index is 12.2. The van der Waals surface area contributed by atoms with E-state index < -0.39 is 0 Å². The van der Waals surface area contributed by atoms with Gasteiger partial charge in [-0.3, -0.25) is 4.79 Å². The number of rotatable bonds is 8. The van der Waals surface area contributed by atoms with Gasteiger partial charge >= 0.3 is 0 Å². The number of carbonyl (C=O) groups excluding carboxylic acids is 1. The van der Waals surface area contributed by atoms with Gasteiger partial charge < -0.3 is 14.2 Å². The van der Waals surface area contributed by atoms with Crippen molar-refractivity contribution in [3.8, 4) is 11.5 Å². The van der Waals surface area contributed by atoms with Crippen LogP contribution in [0.4, 0.5) is 0 Å². The number of ether oxygens (including phenoxy) is 3. The van der Waals surface area contributed by atoms with E-state index in [1.54, 1.807) is 30.4 Å². The first-order valence-corrected chi connectivity index (χ1v) is 6.27. The van der Waals surface area contributed by atoms with Crippen LogP contribution in [-0.2, 0) is 4.74 Å². The van der Waals surface area contributed by atoms with E-state index >= 15 is 0 Å². The van der Waals surface area contributed by atoms with Crippen LogP contribution >= 0.6 is 0 Å². The Morgan fingerprint density at radius 2 is 2.05 bits per heavy atom. The van der Waals surface area contributed by atoms with Crippen LogP contribution in [0.15, 0.2) is 42.5 Å². The Balaban J connectivity index is 3.08. The molecule has 0 N–H and O–H groups in total. The summed E-state index contributed by atoms with van der Waals surface area (Å²) in [4.78, 5) is 12.2. The first-order chi connectivity index (χ1) is 9.58. The van der Waals surface area contributed by atoms with Gasteiger partial charge in [-0.25, -0.2) is 0 Å². The predicted octanol–water partition coefficient (Wildman–Crippen LogP) is 3.38. The molecule has 0 aliphatic carbocycles. The second kappa shape index (κ2) is 8.17. The van der Waals surface area contributed by atoms with Crippen LogP contribution in [0.3, 0.4) is 0 Å². The number of ketones is 1. The highest BCUT2D eigenvalue weighted by molar-refractivity contribution is 6.07. The average molecular weight is 276 g/mol. The zero-order chi connectivity index (χ0) is 15.0. The highest BCUT2D eigenvalue weighted by Crippen LogP contribution is 2.25. The first kappa shape index (κ1) is 16.0. The van der Waals surface area contributed by atoms with E-state index in [4.69, 9.17) is 14.2 Å². The molecule has 0 radical (unpaired) electrons. The molecule has 20 heavy (non-hydrogen) atoms. The number of allylic oxidation sites excluding steroid dienone is 2. The summed E-state index contributed by atoms with van der Waals surface area (Å²) >= 11 is 0. The molecule has 0 fully saturated rings. The Hall–Kier alpha value is -2.07. The molecular formula is C16H20O4. The maximum Gasteiger partial charge on any atom is 0.189 e. The van der Waals surface area contributed by atoms with Crippen LogP contribution in [0.1, 0.15) is 24.2 Å². The van der Waals surface area contributed by atoms with Gasteiger partial charge in [-0.15, -0.1) is 0 Å². The molecule has 0 spiro atoms. The lowest BCUT2D eigenvalue weighted by Crippen LogP contribution is -2.05. The molecule has 4 heteroatoms. The molecule has 1 aromatic carbocycles. The van der Waals surface area contributed by atoms with Crippen LogP contribution in [-0.4, -0.2) is 26.3 Å². The number of carbonyl (C=O) groups is 1. The van der Waals surface area contributed by atoms with Crippen LogP contribution in [0, 0.1) is 0 Å². The zero-order valence-electron chi connectivity index (χ0n) is 12.1. The Morgan fingerprint density at radius 1 is 1.30 bits per heavy atom. The molecule has 1 aromatic rings.